The van der Waals surface area contributed by atoms with Crippen molar-refractivity contribution >= 4 is 17.9 Å². The first-order valence-corrected chi connectivity index (χ1v) is 37.2. The van der Waals surface area contributed by atoms with E-state index in [4.69, 9.17) is 18.9 Å². The van der Waals surface area contributed by atoms with Gasteiger partial charge in [0.15, 0.2) is 6.10 Å². The van der Waals surface area contributed by atoms with Crippen LogP contribution in [0.5, 0.6) is 0 Å². The van der Waals surface area contributed by atoms with Crippen molar-refractivity contribution in [3.63, 3.8) is 0 Å². The van der Waals surface area contributed by atoms with E-state index in [-0.39, 0.29) is 32.7 Å². The molecule has 0 bridgehead atoms. The summed E-state index contributed by atoms with van der Waals surface area (Å²) in [5.41, 5.74) is 0. The molecular formula is C88H134NO8+. The van der Waals surface area contributed by atoms with Crippen LogP contribution in [0.25, 0.3) is 0 Å². The largest absolute Gasteiger partial charge is 0.477 e. The van der Waals surface area contributed by atoms with Crippen LogP contribution in [0.2, 0.25) is 0 Å². The van der Waals surface area contributed by atoms with Gasteiger partial charge in [0.1, 0.15) is 13.2 Å². The summed E-state index contributed by atoms with van der Waals surface area (Å²) in [6, 6.07) is 0. The molecule has 0 aliphatic rings. The topological polar surface area (TPSA) is 108 Å². The summed E-state index contributed by atoms with van der Waals surface area (Å²) in [5, 5.41) is 9.76. The molecule has 97 heavy (non-hydrogen) atoms. The lowest BCUT2D eigenvalue weighted by atomic mass is 10.1. The van der Waals surface area contributed by atoms with Crippen LogP contribution in [0.15, 0.2) is 243 Å². The molecule has 9 heteroatoms. The van der Waals surface area contributed by atoms with Gasteiger partial charge in [-0.25, -0.2) is 4.79 Å². The third-order valence-corrected chi connectivity index (χ3v) is 14.6. The lowest BCUT2D eigenvalue weighted by Gasteiger charge is -2.25. The van der Waals surface area contributed by atoms with E-state index in [1.165, 1.54) is 25.7 Å². The van der Waals surface area contributed by atoms with E-state index in [0.717, 1.165) is 167 Å². The molecule has 0 rings (SSSR count). The van der Waals surface area contributed by atoms with Crippen LogP contribution in [0.1, 0.15) is 232 Å². The minimum Gasteiger partial charge on any atom is -0.477 e. The highest BCUT2D eigenvalue weighted by Crippen LogP contribution is 2.14. The number of unbranched alkanes of at least 4 members (excludes halogenated alkanes) is 10. The number of carboxylic acid groups (broad SMARTS) is 1. The molecule has 0 spiro atoms. The normalized spacial score (nSPS) is 14.1. The van der Waals surface area contributed by atoms with E-state index in [2.05, 4.69) is 257 Å². The second kappa shape index (κ2) is 74.9. The molecule has 0 amide bonds. The zero-order chi connectivity index (χ0) is 70.4. The second-order valence-corrected chi connectivity index (χ2v) is 24.8. The minimum absolute atomic E-state index is 0.165. The molecule has 0 radical (unpaired) electrons. The predicted molar refractivity (Wildman–Crippen MR) is 418 cm³/mol. The monoisotopic (exact) mass is 1330 g/mol. The predicted octanol–water partition coefficient (Wildman–Crippen LogP) is 24.0. The summed E-state index contributed by atoms with van der Waals surface area (Å²) in [6.45, 7) is 4.55. The molecule has 0 saturated heterocycles. The Bertz CT molecular complexity index is 2500. The number of carboxylic acids is 1. The van der Waals surface area contributed by atoms with Crippen LogP contribution in [0.3, 0.4) is 0 Å². The van der Waals surface area contributed by atoms with Gasteiger partial charge in [0.2, 0.25) is 0 Å². The van der Waals surface area contributed by atoms with Gasteiger partial charge in [-0.15, -0.1) is 0 Å². The highest BCUT2D eigenvalue weighted by Gasteiger charge is 2.25. The van der Waals surface area contributed by atoms with Gasteiger partial charge in [0.05, 0.1) is 34.4 Å². The molecule has 1 N–H and O–H groups in total. The molecule has 9 nitrogen and oxygen atoms in total. The van der Waals surface area contributed by atoms with Crippen molar-refractivity contribution in [3.05, 3.63) is 243 Å². The number of quaternary nitrogens is 1. The van der Waals surface area contributed by atoms with Crippen molar-refractivity contribution in [1.82, 2.24) is 0 Å². The molecule has 0 aliphatic carbocycles. The Morgan fingerprint density at radius 2 is 0.557 bits per heavy atom. The van der Waals surface area contributed by atoms with Crippen molar-refractivity contribution in [2.45, 2.75) is 245 Å². The van der Waals surface area contributed by atoms with E-state index in [0.29, 0.717) is 23.9 Å². The van der Waals surface area contributed by atoms with E-state index in [9.17, 15) is 19.5 Å². The number of carbonyl (C=O) groups excluding carboxylic acids is 2. The number of nitrogens with zero attached hydrogens (tertiary/aromatic N) is 1. The summed E-state index contributed by atoms with van der Waals surface area (Å²) in [5.74, 6) is -2.11. The Morgan fingerprint density at radius 1 is 0.309 bits per heavy atom. The van der Waals surface area contributed by atoms with Crippen molar-refractivity contribution in [3.8, 4) is 0 Å². The maximum absolute atomic E-state index is 13.0. The zero-order valence-corrected chi connectivity index (χ0v) is 61.4. The molecule has 0 aliphatic heterocycles. The fourth-order valence-corrected chi connectivity index (χ4v) is 9.01. The van der Waals surface area contributed by atoms with Gasteiger partial charge in [-0.1, -0.05) is 295 Å². The number of hydrogen-bond donors (Lipinski definition) is 1. The molecule has 0 heterocycles. The lowest BCUT2D eigenvalue weighted by molar-refractivity contribution is -0.870. The first-order chi connectivity index (χ1) is 47.6. The molecule has 0 saturated carbocycles. The standard InChI is InChI=1S/C88H133NO8/c1-6-8-10-12-14-16-18-20-22-24-26-28-30-32-34-36-38-40-41-42-43-44-45-47-49-51-53-55-57-59-61-63-65-67-69-71-73-75-77-79-86(91)97-84(83-96-88(87(92)93)94-81-80-89(3,4)5)82-95-85(90)78-76-74-72-70-68-66-64-62-60-58-56-54-52-50-48-46-39-37-35-33-31-29-27-25-23-21-19-17-15-13-11-9-7-2/h8-11,14-17,20-23,26-29,32-35,38-40,42-43,45-47,50-53,56-59,62,64,68,70,84,88H,6-7,12-13,18-19,24-25,30-31,36-37,41,44,48-49,54-55,60-61,63,65-67,69,71-83H2,1-5H3/p+1/b10-8-,11-9-,16-14-,17-15-,22-20-,23-21-,28-26-,29-27-,34-32-,35-33-,40-38-,43-42-,46-39-,47-45-,52-50-,53-51-,58-56-,59-57-,64-62-,70-68-. The molecule has 538 valence electrons. The van der Waals surface area contributed by atoms with E-state index >= 15 is 0 Å². The van der Waals surface area contributed by atoms with Crippen molar-refractivity contribution in [2.75, 3.05) is 47.5 Å². The highest BCUT2D eigenvalue weighted by atomic mass is 16.7. The van der Waals surface area contributed by atoms with Crippen LogP contribution in [-0.4, -0.2) is 87.4 Å². The van der Waals surface area contributed by atoms with Crippen molar-refractivity contribution < 1.29 is 42.9 Å². The van der Waals surface area contributed by atoms with Gasteiger partial charge >= 0.3 is 17.9 Å². The second-order valence-electron chi connectivity index (χ2n) is 24.8. The molecule has 2 atom stereocenters. The van der Waals surface area contributed by atoms with E-state index < -0.39 is 30.3 Å². The fourth-order valence-electron chi connectivity index (χ4n) is 9.01. The van der Waals surface area contributed by atoms with Crippen molar-refractivity contribution in [1.29, 1.82) is 0 Å². The molecule has 0 aromatic rings. The van der Waals surface area contributed by atoms with Gasteiger partial charge in [0.25, 0.3) is 6.29 Å². The smallest absolute Gasteiger partial charge is 0.361 e. The molecule has 0 aromatic carbocycles. The van der Waals surface area contributed by atoms with Crippen LogP contribution in [0, 0.1) is 0 Å². The van der Waals surface area contributed by atoms with Gasteiger partial charge in [0, 0.05) is 12.8 Å². The summed E-state index contributed by atoms with van der Waals surface area (Å²) < 4.78 is 22.9. The molecule has 2 unspecified atom stereocenters. The first-order valence-electron chi connectivity index (χ1n) is 37.2. The third kappa shape index (κ3) is 76.3. The highest BCUT2D eigenvalue weighted by molar-refractivity contribution is 5.71. The SMILES string of the molecule is CC/C=C\C/C=C\C/C=C\C/C=C\C/C=C\C/C=C\C/C=C\C/C=C\C/C=C\C/C=C\CCCCCCCCCCC(=O)OC(COC(=O)CCCC/C=C\C/C=C\C/C=C\C/C=C\C/C=C\C/C=C\C/C=C\C/C=C\C/C=C\C/C=C\CC)COC(OCC[N+](C)(C)C)C(=O)O. The number of likely N-dealkylation sites (N-methyl/N-ethyl adjacent to an activating group) is 1. The first kappa shape index (κ1) is 90.1. The molecular weight excluding hydrogens is 1200 g/mol. The Morgan fingerprint density at radius 3 is 0.845 bits per heavy atom. The average molecular weight is 1330 g/mol. The summed E-state index contributed by atoms with van der Waals surface area (Å²) in [7, 11) is 5.94. The van der Waals surface area contributed by atoms with Gasteiger partial charge < -0.3 is 28.5 Å². The summed E-state index contributed by atoms with van der Waals surface area (Å²) >= 11 is 0. The van der Waals surface area contributed by atoms with Crippen molar-refractivity contribution in [2.24, 2.45) is 0 Å². The zero-order valence-electron chi connectivity index (χ0n) is 61.4. The van der Waals surface area contributed by atoms with Crippen LogP contribution in [-0.2, 0) is 33.3 Å². The average Bonchev–Trinajstić information content (AvgIpc) is 2.39. The van der Waals surface area contributed by atoms with E-state index in [1.807, 2.05) is 21.1 Å². The number of allylic oxidation sites excluding steroid dienone is 40. The third-order valence-electron chi connectivity index (χ3n) is 14.6. The quantitative estimate of drug-likeness (QED) is 0.0211. The Hall–Kier alpha value is -6.91. The number of aliphatic carboxylic acids is 1. The minimum atomic E-state index is -1.54. The van der Waals surface area contributed by atoms with Crippen LogP contribution < -0.4 is 0 Å². The Kier molecular flexibility index (Phi) is 69.5. The summed E-state index contributed by atoms with van der Waals surface area (Å²) in [6.07, 6.45) is 118. The lowest BCUT2D eigenvalue weighted by Crippen LogP contribution is -2.40. The Labute approximate surface area is 592 Å². The van der Waals surface area contributed by atoms with Crippen LogP contribution >= 0.6 is 0 Å². The van der Waals surface area contributed by atoms with Gasteiger partial charge in [-0.3, -0.25) is 9.59 Å². The number of esters is 2. The maximum atomic E-state index is 13.0. The summed E-state index contributed by atoms with van der Waals surface area (Å²) in [4.78, 5) is 37.7. The Balaban J connectivity index is 4.29. The number of carbonyl (C=O) groups is 3. The van der Waals surface area contributed by atoms with Gasteiger partial charge in [-0.2, -0.15) is 0 Å². The maximum Gasteiger partial charge on any atom is 0.361 e. The van der Waals surface area contributed by atoms with E-state index in [1.54, 1.807) is 0 Å². The number of rotatable bonds is 65. The number of hydrogen-bond acceptors (Lipinski definition) is 7. The molecule has 0 aromatic heterocycles. The van der Waals surface area contributed by atoms with Crippen LogP contribution in [0.4, 0.5) is 0 Å². The fraction of sp³-hybridized carbons (Fsp3) is 0.511. The number of ether oxygens (including phenoxy) is 4. The molecule has 0 fully saturated rings. The van der Waals surface area contributed by atoms with Gasteiger partial charge in [-0.05, 0) is 167 Å².